The normalized spacial score (nSPS) is 27.8. The molecule has 1 N–H and O–H groups in total. The van der Waals surface area contributed by atoms with Crippen LogP contribution in [0.15, 0.2) is 12.4 Å². The maximum Gasteiger partial charge on any atom is 0.109 e. The number of nitrogens with zero attached hydrogens (tertiary/aromatic N) is 2. The van der Waals surface area contributed by atoms with Gasteiger partial charge in [0.15, 0.2) is 0 Å². The van der Waals surface area contributed by atoms with E-state index in [2.05, 4.69) is 41.8 Å². The van der Waals surface area contributed by atoms with Crippen molar-refractivity contribution in [2.24, 2.45) is 5.41 Å². The van der Waals surface area contributed by atoms with E-state index in [0.29, 0.717) is 5.41 Å². The molecule has 2 atom stereocenters. The Bertz CT molecular complexity index is 372. The Morgan fingerprint density at radius 2 is 2.33 bits per heavy atom. The first-order valence-electron chi connectivity index (χ1n) is 7.40. The summed E-state index contributed by atoms with van der Waals surface area (Å²) in [5.41, 5.74) is 0.434. The van der Waals surface area contributed by atoms with Crippen LogP contribution >= 0.6 is 0 Å². The molecular weight excluding hydrogens is 222 g/mol. The van der Waals surface area contributed by atoms with Crippen LogP contribution in [0, 0.1) is 5.41 Å². The van der Waals surface area contributed by atoms with Gasteiger partial charge in [0, 0.05) is 31.4 Å². The van der Waals surface area contributed by atoms with Gasteiger partial charge in [-0.2, -0.15) is 0 Å². The highest BCUT2D eigenvalue weighted by atomic mass is 15.1. The lowest BCUT2D eigenvalue weighted by molar-refractivity contribution is 0.311. The molecule has 0 aliphatic heterocycles. The summed E-state index contributed by atoms with van der Waals surface area (Å²) in [6.07, 6.45) is 10.3. The molecule has 1 saturated carbocycles. The number of aromatic nitrogens is 2. The van der Waals surface area contributed by atoms with Crippen LogP contribution < -0.4 is 5.32 Å². The van der Waals surface area contributed by atoms with Crippen molar-refractivity contribution in [2.75, 3.05) is 6.54 Å². The van der Waals surface area contributed by atoms with Gasteiger partial charge in [-0.15, -0.1) is 0 Å². The molecule has 3 nitrogen and oxygen atoms in total. The van der Waals surface area contributed by atoms with Gasteiger partial charge in [-0.25, -0.2) is 4.98 Å². The summed E-state index contributed by atoms with van der Waals surface area (Å²) in [5.74, 6) is 1.26. The first kappa shape index (κ1) is 13.6. The van der Waals surface area contributed by atoms with Gasteiger partial charge in [-0.3, -0.25) is 0 Å². The second kappa shape index (κ2) is 5.87. The SMILES string of the molecule is CCCNC1CCC(C)(Cc2nccn2CC)C1. The van der Waals surface area contributed by atoms with Crippen molar-refractivity contribution in [3.05, 3.63) is 18.2 Å². The van der Waals surface area contributed by atoms with Gasteiger partial charge in [0.25, 0.3) is 0 Å². The largest absolute Gasteiger partial charge is 0.335 e. The molecule has 0 bridgehead atoms. The van der Waals surface area contributed by atoms with Gasteiger partial charge in [0.05, 0.1) is 0 Å². The predicted molar refractivity (Wildman–Crippen MR) is 75.6 cm³/mol. The van der Waals surface area contributed by atoms with E-state index < -0.39 is 0 Å². The van der Waals surface area contributed by atoms with E-state index in [-0.39, 0.29) is 0 Å². The molecule has 0 saturated heterocycles. The smallest absolute Gasteiger partial charge is 0.109 e. The van der Waals surface area contributed by atoms with E-state index >= 15 is 0 Å². The third kappa shape index (κ3) is 3.14. The van der Waals surface area contributed by atoms with E-state index in [0.717, 1.165) is 25.6 Å². The monoisotopic (exact) mass is 249 g/mol. The van der Waals surface area contributed by atoms with Crippen molar-refractivity contribution in [2.45, 2.75) is 65.5 Å². The van der Waals surface area contributed by atoms with Crippen LogP contribution in [0.1, 0.15) is 52.3 Å². The van der Waals surface area contributed by atoms with E-state index in [9.17, 15) is 0 Å². The number of aryl methyl sites for hydroxylation is 1. The molecule has 2 rings (SSSR count). The molecule has 3 heteroatoms. The Hall–Kier alpha value is -0.830. The first-order chi connectivity index (χ1) is 8.67. The summed E-state index contributed by atoms with van der Waals surface area (Å²) in [6.45, 7) is 9.04. The van der Waals surface area contributed by atoms with Crippen LogP contribution in [-0.4, -0.2) is 22.1 Å². The van der Waals surface area contributed by atoms with Crippen LogP contribution in [0.25, 0.3) is 0 Å². The van der Waals surface area contributed by atoms with E-state index in [1.807, 2.05) is 6.20 Å². The molecule has 1 aromatic rings. The molecule has 1 fully saturated rings. The first-order valence-corrected chi connectivity index (χ1v) is 7.40. The number of hydrogen-bond donors (Lipinski definition) is 1. The Morgan fingerprint density at radius 3 is 3.06 bits per heavy atom. The summed E-state index contributed by atoms with van der Waals surface area (Å²) in [6, 6.07) is 0.722. The fourth-order valence-electron chi connectivity index (χ4n) is 3.18. The predicted octanol–water partition coefficient (Wildman–Crippen LogP) is 3.00. The summed E-state index contributed by atoms with van der Waals surface area (Å²) >= 11 is 0. The number of imidazole rings is 1. The van der Waals surface area contributed by atoms with Gasteiger partial charge in [-0.05, 0) is 44.6 Å². The summed E-state index contributed by atoms with van der Waals surface area (Å²) in [7, 11) is 0. The topological polar surface area (TPSA) is 29.9 Å². The molecule has 18 heavy (non-hydrogen) atoms. The zero-order chi connectivity index (χ0) is 13.0. The number of rotatable bonds is 6. The van der Waals surface area contributed by atoms with Gasteiger partial charge >= 0.3 is 0 Å². The minimum atomic E-state index is 0.434. The highest BCUT2D eigenvalue weighted by molar-refractivity contribution is 5.00. The molecule has 102 valence electrons. The molecule has 1 aliphatic carbocycles. The summed E-state index contributed by atoms with van der Waals surface area (Å²) < 4.78 is 2.28. The van der Waals surface area contributed by atoms with E-state index in [1.54, 1.807) is 0 Å². The van der Waals surface area contributed by atoms with Crippen molar-refractivity contribution in [1.29, 1.82) is 0 Å². The van der Waals surface area contributed by atoms with Crippen molar-refractivity contribution in [1.82, 2.24) is 14.9 Å². The van der Waals surface area contributed by atoms with Crippen LogP contribution in [-0.2, 0) is 13.0 Å². The molecule has 0 aromatic carbocycles. The number of hydrogen-bond acceptors (Lipinski definition) is 2. The van der Waals surface area contributed by atoms with Crippen LogP contribution in [0.2, 0.25) is 0 Å². The van der Waals surface area contributed by atoms with Crippen LogP contribution in [0.3, 0.4) is 0 Å². The minimum absolute atomic E-state index is 0.434. The molecule has 0 radical (unpaired) electrons. The molecule has 2 unspecified atom stereocenters. The Morgan fingerprint density at radius 1 is 1.50 bits per heavy atom. The van der Waals surface area contributed by atoms with Gasteiger partial charge < -0.3 is 9.88 Å². The average Bonchev–Trinajstić information content (AvgIpc) is 2.94. The quantitative estimate of drug-likeness (QED) is 0.840. The zero-order valence-corrected chi connectivity index (χ0v) is 12.1. The van der Waals surface area contributed by atoms with Crippen molar-refractivity contribution >= 4 is 0 Å². The van der Waals surface area contributed by atoms with Crippen molar-refractivity contribution in [3.8, 4) is 0 Å². The molecule has 0 amide bonds. The fourth-order valence-corrected chi connectivity index (χ4v) is 3.18. The minimum Gasteiger partial charge on any atom is -0.335 e. The van der Waals surface area contributed by atoms with Gasteiger partial charge in [-0.1, -0.05) is 13.8 Å². The lowest BCUT2D eigenvalue weighted by Gasteiger charge is -2.24. The van der Waals surface area contributed by atoms with E-state index in [4.69, 9.17) is 0 Å². The highest BCUT2D eigenvalue weighted by Crippen LogP contribution is 2.40. The lowest BCUT2D eigenvalue weighted by atomic mass is 9.84. The van der Waals surface area contributed by atoms with Crippen LogP contribution in [0.4, 0.5) is 0 Å². The highest BCUT2D eigenvalue weighted by Gasteiger charge is 2.35. The Kier molecular flexibility index (Phi) is 4.44. The van der Waals surface area contributed by atoms with E-state index in [1.165, 1.54) is 31.5 Å². The lowest BCUT2D eigenvalue weighted by Crippen LogP contribution is -2.29. The Balaban J connectivity index is 1.93. The Labute approximate surface area is 111 Å². The molecule has 0 spiro atoms. The zero-order valence-electron chi connectivity index (χ0n) is 12.1. The number of nitrogens with one attached hydrogen (secondary N) is 1. The fraction of sp³-hybridized carbons (Fsp3) is 0.800. The summed E-state index contributed by atoms with van der Waals surface area (Å²) in [4.78, 5) is 4.53. The second-order valence-electron chi connectivity index (χ2n) is 6.01. The molecule has 1 heterocycles. The standard InChI is InChI=1S/C15H27N3/c1-4-8-16-13-6-7-15(3,11-13)12-14-17-9-10-18(14)5-2/h9-10,13,16H,4-8,11-12H2,1-3H3. The molecule has 1 aromatic heterocycles. The summed E-state index contributed by atoms with van der Waals surface area (Å²) in [5, 5.41) is 3.67. The third-order valence-corrected chi connectivity index (χ3v) is 4.25. The molecular formula is C15H27N3. The maximum absolute atomic E-state index is 4.53. The van der Waals surface area contributed by atoms with Gasteiger partial charge in [0.1, 0.15) is 5.82 Å². The van der Waals surface area contributed by atoms with Crippen molar-refractivity contribution in [3.63, 3.8) is 0 Å². The average molecular weight is 249 g/mol. The molecule has 1 aliphatic rings. The van der Waals surface area contributed by atoms with Gasteiger partial charge in [0.2, 0.25) is 0 Å². The second-order valence-corrected chi connectivity index (χ2v) is 6.01. The third-order valence-electron chi connectivity index (χ3n) is 4.25. The maximum atomic E-state index is 4.53. The van der Waals surface area contributed by atoms with Crippen LogP contribution in [0.5, 0.6) is 0 Å². The van der Waals surface area contributed by atoms with Crippen molar-refractivity contribution < 1.29 is 0 Å².